The predicted molar refractivity (Wildman–Crippen MR) is 193 cm³/mol. The molecule has 2 aliphatic heterocycles. The molecular weight excluding hydrogens is 664 g/mol. The highest BCUT2D eigenvalue weighted by atomic mass is 16.5. The van der Waals surface area contributed by atoms with Gasteiger partial charge in [0, 0.05) is 48.6 Å². The maximum atomic E-state index is 14.3. The number of benzene rings is 3. The molecule has 4 aromatic rings. The zero-order chi connectivity index (χ0) is 36.9. The fourth-order valence-corrected chi connectivity index (χ4v) is 6.80. The monoisotopic (exact) mass is 708 g/mol. The Hall–Kier alpha value is -5.69. The highest BCUT2D eigenvalue weighted by Crippen LogP contribution is 2.24. The van der Waals surface area contributed by atoms with Gasteiger partial charge < -0.3 is 40.6 Å². The number of para-hydroxylation sites is 1. The zero-order valence-electron chi connectivity index (χ0n) is 29.4. The smallest absolute Gasteiger partial charge is 0.254 e. The summed E-state index contributed by atoms with van der Waals surface area (Å²) in [6.07, 6.45) is 0.757. The maximum Gasteiger partial charge on any atom is 0.254 e. The van der Waals surface area contributed by atoms with E-state index in [0.29, 0.717) is 16.9 Å². The van der Waals surface area contributed by atoms with Crippen LogP contribution in [-0.4, -0.2) is 99.4 Å². The highest BCUT2D eigenvalue weighted by molar-refractivity contribution is 5.99. The number of amides is 5. The summed E-state index contributed by atoms with van der Waals surface area (Å²) in [6, 6.07) is 19.2. The van der Waals surface area contributed by atoms with Gasteiger partial charge in [0.05, 0.1) is 24.8 Å². The number of nitrogens with zero attached hydrogens (tertiary/aromatic N) is 2. The number of aliphatic hydroxyl groups excluding tert-OH is 1. The van der Waals surface area contributed by atoms with Gasteiger partial charge in [-0.25, -0.2) is 0 Å². The molecule has 0 radical (unpaired) electrons. The minimum atomic E-state index is -1.15. The number of rotatable bonds is 6. The molecule has 0 saturated carbocycles. The van der Waals surface area contributed by atoms with Crippen LogP contribution in [0.5, 0.6) is 5.75 Å². The van der Waals surface area contributed by atoms with E-state index in [1.54, 1.807) is 54.7 Å². The first kappa shape index (κ1) is 36.1. The summed E-state index contributed by atoms with van der Waals surface area (Å²) >= 11 is 0. The molecule has 5 amide bonds. The van der Waals surface area contributed by atoms with Gasteiger partial charge in [-0.1, -0.05) is 48.5 Å². The minimum Gasteiger partial charge on any atom is -0.491 e. The van der Waals surface area contributed by atoms with E-state index in [1.807, 2.05) is 44.2 Å². The third-order valence-electron chi connectivity index (χ3n) is 9.37. The van der Waals surface area contributed by atoms with Gasteiger partial charge in [-0.15, -0.1) is 0 Å². The van der Waals surface area contributed by atoms with Crippen LogP contribution in [0.1, 0.15) is 54.7 Å². The van der Waals surface area contributed by atoms with E-state index in [9.17, 15) is 29.1 Å². The molecule has 5 N–H and O–H groups in total. The Morgan fingerprint density at radius 3 is 2.33 bits per heavy atom. The second kappa shape index (κ2) is 15.7. The molecule has 13 heteroatoms. The van der Waals surface area contributed by atoms with Crippen LogP contribution >= 0.6 is 0 Å². The third kappa shape index (κ3) is 8.26. The Labute approximate surface area is 301 Å². The molecule has 2 fully saturated rings. The van der Waals surface area contributed by atoms with Crippen LogP contribution in [0.2, 0.25) is 0 Å². The van der Waals surface area contributed by atoms with Gasteiger partial charge in [-0.2, -0.15) is 0 Å². The fourth-order valence-electron chi connectivity index (χ4n) is 6.80. The van der Waals surface area contributed by atoms with Crippen molar-refractivity contribution in [1.82, 2.24) is 30.7 Å². The molecular formula is C39H44N6O7. The number of aliphatic hydroxyl groups is 1. The fraction of sp³-hybridized carbons (Fsp3) is 0.359. The number of carbonyl (C=O) groups excluding carboxylic acids is 5. The van der Waals surface area contributed by atoms with Crippen molar-refractivity contribution in [3.8, 4) is 5.75 Å². The Morgan fingerprint density at radius 2 is 1.60 bits per heavy atom. The number of aromatic amines is 1. The molecule has 3 aromatic carbocycles. The van der Waals surface area contributed by atoms with Crippen molar-refractivity contribution in [1.29, 1.82) is 0 Å². The average Bonchev–Trinajstić information content (AvgIpc) is 3.73. The van der Waals surface area contributed by atoms with Gasteiger partial charge in [0.1, 0.15) is 23.9 Å². The SMILES string of the molecule is CC(C)Oc1ccc(C(=O)N2CC(=O)N[C@H](Cc3c[nH]c4ccccc34)C(=O)N3C[C@H](O)C[C@H]3C(=O)N[C@@H](C)C(=O)N[C@H](c3ccccc3)C2)cc1. The topological polar surface area (TPSA) is 173 Å². The average molecular weight is 709 g/mol. The number of aromatic nitrogens is 1. The standard InChI is InChI=1S/C39H44N6O7/c1-23(2)52-29-15-13-26(14-16-29)38(50)44-21-33(25-9-5-4-6-10-25)43-36(48)24(3)41-37(49)34-18-28(46)20-45(34)39(51)32(42-35(47)22-44)17-27-19-40-31-12-8-7-11-30(27)31/h4-16,19,23-24,28,32-34,40,46H,17-18,20-22H2,1-3H3,(H,41,49)(H,42,47)(H,43,48)/t24-,28+,32+,33-,34-/m0/s1. The lowest BCUT2D eigenvalue weighted by Gasteiger charge is -2.30. The Bertz CT molecular complexity index is 1930. The highest BCUT2D eigenvalue weighted by Gasteiger charge is 2.42. The van der Waals surface area contributed by atoms with Crippen molar-refractivity contribution in [2.45, 2.75) is 70.0 Å². The number of hydrogen-bond donors (Lipinski definition) is 5. The van der Waals surface area contributed by atoms with E-state index >= 15 is 0 Å². The van der Waals surface area contributed by atoms with Crippen LogP contribution < -0.4 is 20.7 Å². The second-order valence-electron chi connectivity index (χ2n) is 13.7. The van der Waals surface area contributed by atoms with E-state index in [1.165, 1.54) is 16.7 Å². The van der Waals surface area contributed by atoms with E-state index in [4.69, 9.17) is 4.74 Å². The molecule has 0 spiro atoms. The molecule has 52 heavy (non-hydrogen) atoms. The van der Waals surface area contributed by atoms with Crippen LogP contribution in [0.3, 0.4) is 0 Å². The zero-order valence-corrected chi connectivity index (χ0v) is 29.4. The Morgan fingerprint density at radius 1 is 0.885 bits per heavy atom. The molecule has 0 aliphatic carbocycles. The molecule has 5 atom stereocenters. The van der Waals surface area contributed by atoms with Gasteiger partial charge in [0.2, 0.25) is 23.6 Å². The number of hydrogen-bond acceptors (Lipinski definition) is 7. The van der Waals surface area contributed by atoms with Crippen LogP contribution in [0.15, 0.2) is 85.1 Å². The van der Waals surface area contributed by atoms with Crippen molar-refractivity contribution in [2.24, 2.45) is 0 Å². The van der Waals surface area contributed by atoms with Crippen LogP contribution in [0.4, 0.5) is 0 Å². The first-order valence-electron chi connectivity index (χ1n) is 17.5. The first-order valence-corrected chi connectivity index (χ1v) is 17.5. The molecule has 272 valence electrons. The van der Waals surface area contributed by atoms with E-state index < -0.39 is 66.4 Å². The summed E-state index contributed by atoms with van der Waals surface area (Å²) in [4.78, 5) is 75.6. The Kier molecular flexibility index (Phi) is 10.9. The van der Waals surface area contributed by atoms with Gasteiger partial charge in [0.25, 0.3) is 5.91 Å². The largest absolute Gasteiger partial charge is 0.491 e. The lowest BCUT2D eigenvalue weighted by molar-refractivity contribution is -0.142. The molecule has 13 nitrogen and oxygen atoms in total. The molecule has 1 aromatic heterocycles. The molecule has 2 aliphatic rings. The van der Waals surface area contributed by atoms with E-state index in [2.05, 4.69) is 20.9 Å². The summed E-state index contributed by atoms with van der Waals surface area (Å²) in [5.74, 6) is -2.21. The van der Waals surface area contributed by atoms with Crippen molar-refractivity contribution in [3.63, 3.8) is 0 Å². The molecule has 0 bridgehead atoms. The van der Waals surface area contributed by atoms with Crippen LogP contribution in [0, 0.1) is 0 Å². The normalized spacial score (nSPS) is 23.4. The number of ether oxygens (including phenoxy) is 1. The number of H-pyrrole nitrogens is 1. The molecule has 3 heterocycles. The van der Waals surface area contributed by atoms with Crippen LogP contribution in [0.25, 0.3) is 10.9 Å². The summed E-state index contributed by atoms with van der Waals surface area (Å²) in [5.41, 5.74) is 2.58. The molecule has 2 saturated heterocycles. The Balaban J connectivity index is 1.38. The van der Waals surface area contributed by atoms with Crippen molar-refractivity contribution >= 4 is 40.4 Å². The summed E-state index contributed by atoms with van der Waals surface area (Å²) in [7, 11) is 0. The van der Waals surface area contributed by atoms with E-state index in [0.717, 1.165) is 16.5 Å². The van der Waals surface area contributed by atoms with Crippen molar-refractivity contribution in [2.75, 3.05) is 19.6 Å². The third-order valence-corrected chi connectivity index (χ3v) is 9.37. The van der Waals surface area contributed by atoms with Gasteiger partial charge in [0.15, 0.2) is 0 Å². The number of nitrogens with one attached hydrogen (secondary N) is 4. The van der Waals surface area contributed by atoms with Crippen LogP contribution in [-0.2, 0) is 25.6 Å². The minimum absolute atomic E-state index is 0.0322. The number of fused-ring (bicyclic) bond motifs is 2. The quantitative estimate of drug-likeness (QED) is 0.205. The second-order valence-corrected chi connectivity index (χ2v) is 13.7. The lowest BCUT2D eigenvalue weighted by Crippen LogP contribution is -2.56. The molecule has 6 rings (SSSR count). The van der Waals surface area contributed by atoms with Crippen molar-refractivity contribution in [3.05, 3.63) is 102 Å². The van der Waals surface area contributed by atoms with Gasteiger partial charge >= 0.3 is 0 Å². The van der Waals surface area contributed by atoms with Crippen molar-refractivity contribution < 1.29 is 33.8 Å². The molecule has 0 unspecified atom stereocenters. The predicted octanol–water partition coefficient (Wildman–Crippen LogP) is 2.46. The lowest BCUT2D eigenvalue weighted by atomic mass is 10.0. The van der Waals surface area contributed by atoms with E-state index in [-0.39, 0.29) is 32.0 Å². The summed E-state index contributed by atoms with van der Waals surface area (Å²) in [5, 5.41) is 20.0. The summed E-state index contributed by atoms with van der Waals surface area (Å²) < 4.78 is 5.75. The van der Waals surface area contributed by atoms with Gasteiger partial charge in [-0.3, -0.25) is 24.0 Å². The number of carbonyl (C=O) groups is 5. The summed E-state index contributed by atoms with van der Waals surface area (Å²) in [6.45, 7) is 4.64. The van der Waals surface area contributed by atoms with Gasteiger partial charge in [-0.05, 0) is 62.2 Å². The first-order chi connectivity index (χ1) is 25.0. The maximum absolute atomic E-state index is 14.3.